The van der Waals surface area contributed by atoms with E-state index in [1.807, 2.05) is 24.3 Å². The second kappa shape index (κ2) is 8.71. The summed E-state index contributed by atoms with van der Waals surface area (Å²) in [7, 11) is 0. The number of rotatable bonds is 7. The predicted molar refractivity (Wildman–Crippen MR) is 108 cm³/mol. The van der Waals surface area contributed by atoms with Gasteiger partial charge in [0.2, 0.25) is 5.91 Å². The van der Waals surface area contributed by atoms with Crippen molar-refractivity contribution in [3.63, 3.8) is 0 Å². The van der Waals surface area contributed by atoms with Crippen LogP contribution in [0.5, 0.6) is 0 Å². The number of nitrogens with zero attached hydrogens (tertiary/aromatic N) is 1. The molecule has 0 saturated carbocycles. The summed E-state index contributed by atoms with van der Waals surface area (Å²) in [5.74, 6) is -0.608. The average Bonchev–Trinajstić information content (AvgIpc) is 2.75. The van der Waals surface area contributed by atoms with E-state index in [1.165, 1.54) is 9.80 Å². The van der Waals surface area contributed by atoms with Crippen molar-refractivity contribution >= 4 is 28.5 Å². The molecule has 0 spiro atoms. The Morgan fingerprint density at radius 2 is 1.69 bits per heavy atom. The quantitative estimate of drug-likeness (QED) is 0.658. The highest BCUT2D eigenvalue weighted by molar-refractivity contribution is 6.25. The first-order valence-corrected chi connectivity index (χ1v) is 10.2. The Morgan fingerprint density at radius 1 is 1.03 bits per heavy atom. The van der Waals surface area contributed by atoms with Crippen molar-refractivity contribution in [2.45, 2.75) is 12.8 Å². The van der Waals surface area contributed by atoms with Gasteiger partial charge in [-0.1, -0.05) is 24.3 Å². The molecule has 0 radical (unpaired) electrons. The molecular weight excluding hydrogens is 370 g/mol. The Labute approximate surface area is 169 Å². The normalized spacial score (nSPS) is 17.0. The SMILES string of the molecule is O=C(CCCN1C(=O)c2cccc3cccc(c23)C1=O)NCC[NH+]1CCOCC1. The van der Waals surface area contributed by atoms with Crippen molar-refractivity contribution in [3.05, 3.63) is 47.5 Å². The third-order valence-corrected chi connectivity index (χ3v) is 5.64. The Kier molecular flexibility index (Phi) is 5.87. The Hall–Kier alpha value is -2.77. The third kappa shape index (κ3) is 4.16. The van der Waals surface area contributed by atoms with E-state index >= 15 is 0 Å². The lowest BCUT2D eigenvalue weighted by Gasteiger charge is -2.27. The topological polar surface area (TPSA) is 80.2 Å². The smallest absolute Gasteiger partial charge is 0.261 e. The summed E-state index contributed by atoms with van der Waals surface area (Å²) in [6.45, 7) is 5.26. The van der Waals surface area contributed by atoms with Crippen LogP contribution in [0.2, 0.25) is 0 Å². The number of morpholine rings is 1. The molecule has 152 valence electrons. The summed E-state index contributed by atoms with van der Waals surface area (Å²) in [6.07, 6.45) is 0.743. The summed E-state index contributed by atoms with van der Waals surface area (Å²) in [5.41, 5.74) is 1.10. The molecule has 2 aromatic carbocycles. The van der Waals surface area contributed by atoms with Gasteiger partial charge < -0.3 is 15.0 Å². The lowest BCUT2D eigenvalue weighted by molar-refractivity contribution is -0.906. The maximum atomic E-state index is 12.8. The van der Waals surface area contributed by atoms with E-state index in [-0.39, 0.29) is 24.3 Å². The van der Waals surface area contributed by atoms with E-state index in [0.29, 0.717) is 30.5 Å². The van der Waals surface area contributed by atoms with Crippen LogP contribution in [0.1, 0.15) is 33.6 Å². The fourth-order valence-corrected chi connectivity index (χ4v) is 4.06. The van der Waals surface area contributed by atoms with Crippen LogP contribution in [0.25, 0.3) is 10.8 Å². The zero-order valence-electron chi connectivity index (χ0n) is 16.4. The summed E-state index contributed by atoms with van der Waals surface area (Å²) >= 11 is 0. The molecule has 0 aromatic heterocycles. The van der Waals surface area contributed by atoms with Gasteiger partial charge >= 0.3 is 0 Å². The van der Waals surface area contributed by atoms with Gasteiger partial charge in [-0.15, -0.1) is 0 Å². The standard InChI is InChI=1S/C22H25N3O4/c26-19(23-9-11-24-12-14-29-15-13-24)8-3-10-25-21(27)17-6-1-4-16-5-2-7-18(20(16)17)22(25)28/h1-2,4-7H,3,8-15H2,(H,23,26)/p+1. The monoisotopic (exact) mass is 396 g/mol. The minimum Gasteiger partial charge on any atom is -0.370 e. The minimum absolute atomic E-state index is 0.0444. The van der Waals surface area contributed by atoms with Crippen LogP contribution in [0.3, 0.4) is 0 Å². The van der Waals surface area contributed by atoms with Crippen LogP contribution in [-0.4, -0.2) is 68.6 Å². The van der Waals surface area contributed by atoms with Gasteiger partial charge in [-0.05, 0) is 23.9 Å². The number of hydrogen-bond donors (Lipinski definition) is 2. The minimum atomic E-state index is -0.282. The molecule has 2 heterocycles. The van der Waals surface area contributed by atoms with Crippen LogP contribution in [0.15, 0.2) is 36.4 Å². The van der Waals surface area contributed by atoms with E-state index in [4.69, 9.17) is 4.74 Å². The number of nitrogens with one attached hydrogen (secondary N) is 2. The van der Waals surface area contributed by atoms with Gasteiger partial charge in [-0.2, -0.15) is 0 Å². The van der Waals surface area contributed by atoms with Crippen LogP contribution in [0, 0.1) is 0 Å². The number of benzene rings is 2. The lowest BCUT2D eigenvalue weighted by Crippen LogP contribution is -3.14. The molecule has 2 aliphatic heterocycles. The molecule has 0 aliphatic carbocycles. The maximum absolute atomic E-state index is 12.8. The fourth-order valence-electron chi connectivity index (χ4n) is 4.06. The third-order valence-electron chi connectivity index (χ3n) is 5.64. The van der Waals surface area contributed by atoms with Gasteiger partial charge in [-0.3, -0.25) is 19.3 Å². The first-order valence-electron chi connectivity index (χ1n) is 10.2. The van der Waals surface area contributed by atoms with Crippen molar-refractivity contribution in [3.8, 4) is 0 Å². The predicted octanol–water partition coefficient (Wildman–Crippen LogP) is 0.247. The summed E-state index contributed by atoms with van der Waals surface area (Å²) < 4.78 is 5.33. The Morgan fingerprint density at radius 3 is 2.34 bits per heavy atom. The molecule has 3 amide bonds. The van der Waals surface area contributed by atoms with Gasteiger partial charge in [0, 0.05) is 29.5 Å². The Bertz CT molecular complexity index is 886. The highest BCUT2D eigenvalue weighted by atomic mass is 16.5. The molecule has 0 bridgehead atoms. The molecule has 2 N–H and O–H groups in total. The first-order chi connectivity index (χ1) is 14.1. The highest BCUT2D eigenvalue weighted by Crippen LogP contribution is 2.29. The molecule has 1 fully saturated rings. The number of amides is 3. The second-order valence-corrected chi connectivity index (χ2v) is 7.54. The van der Waals surface area contributed by atoms with Gasteiger partial charge in [-0.25, -0.2) is 0 Å². The van der Waals surface area contributed by atoms with Gasteiger partial charge in [0.05, 0.1) is 26.3 Å². The van der Waals surface area contributed by atoms with Crippen LogP contribution < -0.4 is 10.2 Å². The number of carbonyl (C=O) groups is 3. The van der Waals surface area contributed by atoms with E-state index in [2.05, 4.69) is 5.32 Å². The summed E-state index contributed by atoms with van der Waals surface area (Å²) in [6, 6.07) is 11.0. The number of hydrogen-bond acceptors (Lipinski definition) is 4. The molecule has 2 aromatic rings. The molecule has 4 rings (SSSR count). The molecule has 1 saturated heterocycles. The second-order valence-electron chi connectivity index (χ2n) is 7.54. The van der Waals surface area contributed by atoms with Crippen molar-refractivity contribution in [2.75, 3.05) is 45.9 Å². The zero-order valence-corrected chi connectivity index (χ0v) is 16.4. The fraction of sp³-hybridized carbons (Fsp3) is 0.409. The lowest BCUT2D eigenvalue weighted by atomic mass is 9.94. The van der Waals surface area contributed by atoms with E-state index in [0.717, 1.165) is 43.6 Å². The van der Waals surface area contributed by atoms with Gasteiger partial charge in [0.25, 0.3) is 11.8 Å². The molecule has 2 aliphatic rings. The van der Waals surface area contributed by atoms with Crippen molar-refractivity contribution in [1.82, 2.24) is 10.2 Å². The van der Waals surface area contributed by atoms with E-state index in [1.54, 1.807) is 12.1 Å². The molecule has 7 nitrogen and oxygen atoms in total. The molecule has 29 heavy (non-hydrogen) atoms. The maximum Gasteiger partial charge on any atom is 0.261 e. The van der Waals surface area contributed by atoms with Crippen molar-refractivity contribution in [1.29, 1.82) is 0 Å². The highest BCUT2D eigenvalue weighted by Gasteiger charge is 2.32. The van der Waals surface area contributed by atoms with E-state index in [9.17, 15) is 14.4 Å². The summed E-state index contributed by atoms with van der Waals surface area (Å²) in [5, 5.41) is 4.55. The van der Waals surface area contributed by atoms with Gasteiger partial charge in [0.15, 0.2) is 0 Å². The molecule has 7 heteroatoms. The number of quaternary nitrogens is 1. The molecule has 0 atom stereocenters. The largest absolute Gasteiger partial charge is 0.370 e. The molecule has 0 unspecified atom stereocenters. The number of ether oxygens (including phenoxy) is 1. The van der Waals surface area contributed by atoms with Crippen LogP contribution >= 0.6 is 0 Å². The zero-order chi connectivity index (χ0) is 20.2. The van der Waals surface area contributed by atoms with Crippen LogP contribution in [-0.2, 0) is 9.53 Å². The van der Waals surface area contributed by atoms with E-state index < -0.39 is 0 Å². The number of imide groups is 1. The Balaban J connectivity index is 1.29. The van der Waals surface area contributed by atoms with Crippen LogP contribution in [0.4, 0.5) is 0 Å². The molecular formula is C22H26N3O4+. The first kappa shape index (κ1) is 19.5. The van der Waals surface area contributed by atoms with Crippen molar-refractivity contribution in [2.24, 2.45) is 0 Å². The average molecular weight is 396 g/mol. The number of carbonyl (C=O) groups excluding carboxylic acids is 3. The summed E-state index contributed by atoms with van der Waals surface area (Å²) in [4.78, 5) is 40.5. The van der Waals surface area contributed by atoms with Crippen molar-refractivity contribution < 1.29 is 24.0 Å². The van der Waals surface area contributed by atoms with Gasteiger partial charge in [0.1, 0.15) is 13.1 Å².